The molecule has 0 spiro atoms. The van der Waals surface area contributed by atoms with Gasteiger partial charge in [0, 0.05) is 55.4 Å². The Balaban J connectivity index is 1.47. The van der Waals surface area contributed by atoms with Crippen molar-refractivity contribution < 1.29 is 19.1 Å². The molecule has 6 nitrogen and oxygen atoms in total. The maximum Gasteiger partial charge on any atom is 0.233 e. The smallest absolute Gasteiger partial charge is 0.233 e. The second kappa shape index (κ2) is 9.43. The van der Waals surface area contributed by atoms with E-state index >= 15 is 0 Å². The second-order valence-electron chi connectivity index (χ2n) is 8.32. The fraction of sp³-hybridized carbons (Fsp3) is 0.636. The molecule has 3 saturated heterocycles. The maximum absolute atomic E-state index is 13.8. The first-order valence-electron chi connectivity index (χ1n) is 10.7. The number of nitrogens with zero attached hydrogens (tertiary/aromatic N) is 2. The van der Waals surface area contributed by atoms with Gasteiger partial charge in [-0.2, -0.15) is 0 Å². The van der Waals surface area contributed by atoms with Crippen molar-refractivity contribution in [3.8, 4) is 0 Å². The Morgan fingerprint density at radius 2 is 1.53 bits per heavy atom. The number of amides is 2. The van der Waals surface area contributed by atoms with E-state index in [0.717, 1.165) is 5.56 Å². The molecule has 3 fully saturated rings. The van der Waals surface area contributed by atoms with E-state index < -0.39 is 5.41 Å². The summed E-state index contributed by atoms with van der Waals surface area (Å²) in [5.41, 5.74) is 0.134. The lowest BCUT2D eigenvalue weighted by Crippen LogP contribution is -2.53. The van der Waals surface area contributed by atoms with Crippen LogP contribution in [0, 0.1) is 5.92 Å². The molecule has 3 aliphatic rings. The largest absolute Gasteiger partial charge is 0.381 e. The Labute approximate surface area is 187 Å². The van der Waals surface area contributed by atoms with Gasteiger partial charge in [0.1, 0.15) is 0 Å². The molecule has 2 amide bonds. The first kappa shape index (κ1) is 21.9. The third-order valence-electron chi connectivity index (χ3n) is 6.66. The van der Waals surface area contributed by atoms with Crippen molar-refractivity contribution in [2.45, 2.75) is 31.1 Å². The minimum absolute atomic E-state index is 0.0168. The van der Waals surface area contributed by atoms with E-state index in [0.29, 0.717) is 88.3 Å². The number of morpholine rings is 1. The van der Waals surface area contributed by atoms with E-state index in [-0.39, 0.29) is 17.7 Å². The SMILES string of the molecule is O=C(C1CCN(C(=O)C2(c3ccc(Cl)cc3Cl)CCOCC2)CC1)N1CCOCC1. The van der Waals surface area contributed by atoms with E-state index in [2.05, 4.69) is 0 Å². The number of piperidine rings is 1. The molecule has 1 aromatic rings. The summed E-state index contributed by atoms with van der Waals surface area (Å²) in [4.78, 5) is 30.4. The molecule has 0 aromatic heterocycles. The molecule has 0 radical (unpaired) electrons. The van der Waals surface area contributed by atoms with Crippen molar-refractivity contribution in [2.24, 2.45) is 5.92 Å². The number of benzene rings is 1. The van der Waals surface area contributed by atoms with E-state index in [4.69, 9.17) is 32.7 Å². The lowest BCUT2D eigenvalue weighted by molar-refractivity contribution is -0.147. The van der Waals surface area contributed by atoms with Gasteiger partial charge in [-0.25, -0.2) is 0 Å². The van der Waals surface area contributed by atoms with Crippen LogP contribution in [0.2, 0.25) is 10.0 Å². The van der Waals surface area contributed by atoms with Crippen molar-refractivity contribution in [1.82, 2.24) is 9.80 Å². The van der Waals surface area contributed by atoms with Gasteiger partial charge in [0.25, 0.3) is 0 Å². The Kier molecular flexibility index (Phi) is 6.88. The second-order valence-corrected chi connectivity index (χ2v) is 9.17. The molecular weight excluding hydrogens is 427 g/mol. The van der Waals surface area contributed by atoms with E-state index in [9.17, 15) is 9.59 Å². The highest BCUT2D eigenvalue weighted by Gasteiger charge is 2.46. The van der Waals surface area contributed by atoms with E-state index in [1.165, 1.54) is 0 Å². The van der Waals surface area contributed by atoms with Gasteiger partial charge < -0.3 is 19.3 Å². The fourth-order valence-electron chi connectivity index (χ4n) is 4.87. The zero-order valence-corrected chi connectivity index (χ0v) is 18.6. The number of rotatable bonds is 3. The first-order chi connectivity index (χ1) is 14.5. The molecule has 4 rings (SSSR count). The van der Waals surface area contributed by atoms with Gasteiger partial charge in [-0.3, -0.25) is 9.59 Å². The zero-order valence-electron chi connectivity index (χ0n) is 17.1. The maximum atomic E-state index is 13.8. The third-order valence-corrected chi connectivity index (χ3v) is 7.20. The molecule has 3 aliphatic heterocycles. The standard InChI is InChI=1S/C22H28Cl2N2O4/c23-17-1-2-18(19(24)15-17)22(5-11-29-12-6-22)21(28)26-7-3-16(4-8-26)20(27)25-9-13-30-14-10-25/h1-2,15-16H,3-14H2. The lowest BCUT2D eigenvalue weighted by Gasteiger charge is -2.43. The van der Waals surface area contributed by atoms with Crippen molar-refractivity contribution >= 4 is 35.0 Å². The summed E-state index contributed by atoms with van der Waals surface area (Å²) in [6.45, 7) is 4.77. The van der Waals surface area contributed by atoms with Crippen LogP contribution in [0.15, 0.2) is 18.2 Å². The topological polar surface area (TPSA) is 59.1 Å². The van der Waals surface area contributed by atoms with Gasteiger partial charge in [0.2, 0.25) is 11.8 Å². The quantitative estimate of drug-likeness (QED) is 0.703. The van der Waals surface area contributed by atoms with Crippen LogP contribution < -0.4 is 0 Å². The number of carbonyl (C=O) groups excluding carboxylic acids is 2. The van der Waals surface area contributed by atoms with Crippen LogP contribution >= 0.6 is 23.2 Å². The highest BCUT2D eigenvalue weighted by atomic mass is 35.5. The van der Waals surface area contributed by atoms with Crippen LogP contribution in [0.3, 0.4) is 0 Å². The molecule has 3 heterocycles. The summed E-state index contributed by atoms with van der Waals surface area (Å²) in [6.07, 6.45) is 2.59. The predicted molar refractivity (Wildman–Crippen MR) is 115 cm³/mol. The summed E-state index contributed by atoms with van der Waals surface area (Å²) in [5, 5.41) is 1.08. The Morgan fingerprint density at radius 3 is 2.17 bits per heavy atom. The average Bonchev–Trinajstić information content (AvgIpc) is 2.79. The van der Waals surface area contributed by atoms with Gasteiger partial charge in [0.05, 0.1) is 18.6 Å². The lowest BCUT2D eigenvalue weighted by atomic mass is 9.72. The molecule has 164 valence electrons. The van der Waals surface area contributed by atoms with Gasteiger partial charge in [-0.1, -0.05) is 29.3 Å². The number of halogens is 2. The summed E-state index contributed by atoms with van der Waals surface area (Å²) < 4.78 is 10.9. The summed E-state index contributed by atoms with van der Waals surface area (Å²) in [5.74, 6) is 0.274. The molecule has 1 aromatic carbocycles. The Bertz CT molecular complexity index is 783. The van der Waals surface area contributed by atoms with Crippen molar-refractivity contribution in [3.05, 3.63) is 33.8 Å². The molecule has 0 aliphatic carbocycles. The van der Waals surface area contributed by atoms with Crippen LogP contribution in [0.1, 0.15) is 31.2 Å². The average molecular weight is 455 g/mol. The molecular formula is C22H28Cl2N2O4. The number of hydrogen-bond donors (Lipinski definition) is 0. The normalized spacial score (nSPS) is 22.7. The van der Waals surface area contributed by atoms with Crippen LogP contribution in [0.25, 0.3) is 0 Å². The fourth-order valence-corrected chi connectivity index (χ4v) is 5.46. The minimum atomic E-state index is -0.693. The van der Waals surface area contributed by atoms with E-state index in [1.807, 2.05) is 15.9 Å². The van der Waals surface area contributed by atoms with Gasteiger partial charge in [0.15, 0.2) is 0 Å². The number of hydrogen-bond acceptors (Lipinski definition) is 4. The molecule has 8 heteroatoms. The Hall–Kier alpha value is -1.34. The minimum Gasteiger partial charge on any atom is -0.381 e. The number of ether oxygens (including phenoxy) is 2. The molecule has 0 saturated carbocycles. The van der Waals surface area contributed by atoms with Crippen molar-refractivity contribution in [2.75, 3.05) is 52.6 Å². The third kappa shape index (κ3) is 4.33. The summed E-state index contributed by atoms with van der Waals surface area (Å²) in [7, 11) is 0. The monoisotopic (exact) mass is 454 g/mol. The molecule has 0 bridgehead atoms. The Morgan fingerprint density at radius 1 is 0.900 bits per heavy atom. The van der Waals surface area contributed by atoms with Crippen LogP contribution in [0.4, 0.5) is 0 Å². The van der Waals surface area contributed by atoms with Crippen molar-refractivity contribution in [1.29, 1.82) is 0 Å². The van der Waals surface area contributed by atoms with E-state index in [1.54, 1.807) is 12.1 Å². The van der Waals surface area contributed by atoms with Gasteiger partial charge in [-0.15, -0.1) is 0 Å². The zero-order chi connectivity index (χ0) is 21.1. The summed E-state index contributed by atoms with van der Waals surface area (Å²) in [6, 6.07) is 5.37. The van der Waals surface area contributed by atoms with Gasteiger partial charge in [-0.05, 0) is 43.4 Å². The first-order valence-corrected chi connectivity index (χ1v) is 11.5. The van der Waals surface area contributed by atoms with Crippen LogP contribution in [-0.4, -0.2) is 74.2 Å². The number of carbonyl (C=O) groups is 2. The number of likely N-dealkylation sites (tertiary alicyclic amines) is 1. The highest BCUT2D eigenvalue weighted by molar-refractivity contribution is 6.35. The van der Waals surface area contributed by atoms with Crippen LogP contribution in [0.5, 0.6) is 0 Å². The predicted octanol–water partition coefficient (Wildman–Crippen LogP) is 3.14. The van der Waals surface area contributed by atoms with Gasteiger partial charge >= 0.3 is 0 Å². The highest BCUT2D eigenvalue weighted by Crippen LogP contribution is 2.41. The summed E-state index contributed by atoms with van der Waals surface area (Å²) >= 11 is 12.6. The molecule has 30 heavy (non-hydrogen) atoms. The molecule has 0 N–H and O–H groups in total. The van der Waals surface area contributed by atoms with Crippen molar-refractivity contribution in [3.63, 3.8) is 0 Å². The molecule has 0 unspecified atom stereocenters. The molecule has 0 atom stereocenters. The van der Waals surface area contributed by atoms with Crippen LogP contribution in [-0.2, 0) is 24.5 Å².